The van der Waals surface area contributed by atoms with Gasteiger partial charge in [-0.2, -0.15) is 0 Å². The van der Waals surface area contributed by atoms with Gasteiger partial charge in [0.05, 0.1) is 18.6 Å². The van der Waals surface area contributed by atoms with Crippen LogP contribution >= 0.6 is 11.8 Å². The lowest BCUT2D eigenvalue weighted by molar-refractivity contribution is -0.113. The quantitative estimate of drug-likeness (QED) is 0.857. The van der Waals surface area contributed by atoms with Crippen molar-refractivity contribution >= 4 is 23.4 Å². The number of carbonyl (C=O) groups excluding carboxylic acids is 1. The summed E-state index contributed by atoms with van der Waals surface area (Å²) >= 11 is 1.35. The number of rotatable bonds is 5. The third-order valence-electron chi connectivity index (χ3n) is 3.01. The molecule has 1 heterocycles. The van der Waals surface area contributed by atoms with E-state index in [0.29, 0.717) is 11.4 Å². The van der Waals surface area contributed by atoms with Gasteiger partial charge < -0.3 is 14.6 Å². The molecule has 0 unspecified atom stereocenters. The van der Waals surface area contributed by atoms with Crippen LogP contribution in [0.15, 0.2) is 23.4 Å². The minimum Gasteiger partial charge on any atom is -0.495 e. The standard InChI is InChI=1S/C14H18N4O2S/c1-9-5-6-12(20-4)11(7-9)15-13(19)8-21-14-17-16-10(2)18(14)3/h5-7H,8H2,1-4H3,(H,15,19). The van der Waals surface area contributed by atoms with Crippen LogP contribution in [0.5, 0.6) is 5.75 Å². The number of amides is 1. The number of aryl methyl sites for hydroxylation is 2. The lowest BCUT2D eigenvalue weighted by Gasteiger charge is -2.10. The van der Waals surface area contributed by atoms with E-state index in [0.717, 1.165) is 16.5 Å². The number of nitrogens with one attached hydrogen (secondary N) is 1. The van der Waals surface area contributed by atoms with Gasteiger partial charge >= 0.3 is 0 Å². The largest absolute Gasteiger partial charge is 0.495 e. The van der Waals surface area contributed by atoms with Gasteiger partial charge in [0.2, 0.25) is 5.91 Å². The lowest BCUT2D eigenvalue weighted by atomic mass is 10.2. The predicted octanol–water partition coefficient (Wildman–Crippen LogP) is 2.17. The molecule has 1 aromatic heterocycles. The van der Waals surface area contributed by atoms with Crippen LogP contribution in [0, 0.1) is 13.8 Å². The Labute approximate surface area is 127 Å². The van der Waals surface area contributed by atoms with Crippen LogP contribution in [-0.2, 0) is 11.8 Å². The number of hydrogen-bond donors (Lipinski definition) is 1. The fraction of sp³-hybridized carbons (Fsp3) is 0.357. The SMILES string of the molecule is COc1ccc(C)cc1NC(=O)CSc1nnc(C)n1C. The molecule has 0 radical (unpaired) electrons. The number of ether oxygens (including phenoxy) is 1. The molecule has 0 spiro atoms. The molecule has 0 aliphatic rings. The maximum absolute atomic E-state index is 12.0. The van der Waals surface area contributed by atoms with E-state index in [4.69, 9.17) is 4.74 Å². The van der Waals surface area contributed by atoms with Crippen LogP contribution in [0.3, 0.4) is 0 Å². The Balaban J connectivity index is 1.99. The van der Waals surface area contributed by atoms with Crippen LogP contribution < -0.4 is 10.1 Å². The number of benzene rings is 1. The summed E-state index contributed by atoms with van der Waals surface area (Å²) in [4.78, 5) is 12.0. The van der Waals surface area contributed by atoms with Gasteiger partial charge in [0.1, 0.15) is 11.6 Å². The van der Waals surface area contributed by atoms with Crippen molar-refractivity contribution in [2.24, 2.45) is 7.05 Å². The smallest absolute Gasteiger partial charge is 0.234 e. The third-order valence-corrected chi connectivity index (χ3v) is 4.03. The van der Waals surface area contributed by atoms with E-state index in [1.165, 1.54) is 11.8 Å². The molecule has 112 valence electrons. The van der Waals surface area contributed by atoms with Gasteiger partial charge in [0.15, 0.2) is 5.16 Å². The molecular formula is C14H18N4O2S. The van der Waals surface area contributed by atoms with E-state index in [2.05, 4.69) is 15.5 Å². The fourth-order valence-corrected chi connectivity index (χ4v) is 2.51. The molecule has 0 bridgehead atoms. The summed E-state index contributed by atoms with van der Waals surface area (Å²) in [7, 11) is 3.45. The summed E-state index contributed by atoms with van der Waals surface area (Å²) in [6, 6.07) is 5.66. The summed E-state index contributed by atoms with van der Waals surface area (Å²) in [5.74, 6) is 1.62. The van der Waals surface area contributed by atoms with Crippen molar-refractivity contribution in [1.29, 1.82) is 0 Å². The molecule has 2 aromatic rings. The number of thioether (sulfide) groups is 1. The Morgan fingerprint density at radius 1 is 1.38 bits per heavy atom. The first kappa shape index (κ1) is 15.4. The Kier molecular flexibility index (Phi) is 4.85. The van der Waals surface area contributed by atoms with E-state index >= 15 is 0 Å². The van der Waals surface area contributed by atoms with Gasteiger partial charge in [-0.1, -0.05) is 17.8 Å². The molecule has 2 rings (SSSR count). The maximum atomic E-state index is 12.0. The molecule has 1 amide bonds. The number of methoxy groups -OCH3 is 1. The van der Waals surface area contributed by atoms with Gasteiger partial charge in [-0.15, -0.1) is 10.2 Å². The highest BCUT2D eigenvalue weighted by molar-refractivity contribution is 7.99. The molecule has 0 aliphatic carbocycles. The molecule has 6 nitrogen and oxygen atoms in total. The lowest BCUT2D eigenvalue weighted by Crippen LogP contribution is -2.15. The minimum absolute atomic E-state index is 0.107. The monoisotopic (exact) mass is 306 g/mol. The molecule has 21 heavy (non-hydrogen) atoms. The van der Waals surface area contributed by atoms with Gasteiger partial charge in [-0.3, -0.25) is 4.79 Å². The Bertz CT molecular complexity index is 654. The average Bonchev–Trinajstić information content (AvgIpc) is 2.77. The summed E-state index contributed by atoms with van der Waals surface area (Å²) in [6.07, 6.45) is 0. The molecular weight excluding hydrogens is 288 g/mol. The zero-order valence-corrected chi connectivity index (χ0v) is 13.3. The number of nitrogens with zero attached hydrogens (tertiary/aromatic N) is 3. The first-order valence-corrected chi connectivity index (χ1v) is 7.43. The maximum Gasteiger partial charge on any atom is 0.234 e. The van der Waals surface area contributed by atoms with Crippen molar-refractivity contribution in [2.45, 2.75) is 19.0 Å². The Morgan fingerprint density at radius 2 is 2.14 bits per heavy atom. The van der Waals surface area contributed by atoms with Crippen molar-refractivity contribution < 1.29 is 9.53 Å². The molecule has 0 saturated heterocycles. The third kappa shape index (κ3) is 3.75. The fourth-order valence-electron chi connectivity index (χ4n) is 1.75. The molecule has 7 heteroatoms. The summed E-state index contributed by atoms with van der Waals surface area (Å²) < 4.78 is 7.09. The van der Waals surface area contributed by atoms with Crippen LogP contribution in [0.2, 0.25) is 0 Å². The first-order chi connectivity index (χ1) is 10.0. The number of carbonyl (C=O) groups is 1. The van der Waals surface area contributed by atoms with Crippen LogP contribution in [-0.4, -0.2) is 33.5 Å². The van der Waals surface area contributed by atoms with E-state index < -0.39 is 0 Å². The molecule has 0 aliphatic heterocycles. The van der Waals surface area contributed by atoms with Crippen molar-refractivity contribution in [3.05, 3.63) is 29.6 Å². The second-order valence-electron chi connectivity index (χ2n) is 4.63. The second-order valence-corrected chi connectivity index (χ2v) is 5.57. The van der Waals surface area contributed by atoms with Crippen molar-refractivity contribution in [3.63, 3.8) is 0 Å². The molecule has 0 fully saturated rings. The van der Waals surface area contributed by atoms with Crippen molar-refractivity contribution in [2.75, 3.05) is 18.2 Å². The topological polar surface area (TPSA) is 69.0 Å². The van der Waals surface area contributed by atoms with Crippen LogP contribution in [0.1, 0.15) is 11.4 Å². The zero-order valence-electron chi connectivity index (χ0n) is 12.5. The highest BCUT2D eigenvalue weighted by atomic mass is 32.2. The Morgan fingerprint density at radius 3 is 2.76 bits per heavy atom. The normalized spacial score (nSPS) is 10.5. The predicted molar refractivity (Wildman–Crippen MR) is 82.8 cm³/mol. The van der Waals surface area contributed by atoms with Crippen molar-refractivity contribution in [1.82, 2.24) is 14.8 Å². The average molecular weight is 306 g/mol. The first-order valence-electron chi connectivity index (χ1n) is 6.44. The number of anilines is 1. The van der Waals surface area contributed by atoms with Gasteiger partial charge in [-0.05, 0) is 31.5 Å². The zero-order chi connectivity index (χ0) is 15.4. The highest BCUT2D eigenvalue weighted by Gasteiger charge is 2.11. The number of hydrogen-bond acceptors (Lipinski definition) is 5. The van der Waals surface area contributed by atoms with Gasteiger partial charge in [-0.25, -0.2) is 0 Å². The van der Waals surface area contributed by atoms with E-state index in [1.807, 2.05) is 43.7 Å². The van der Waals surface area contributed by atoms with E-state index in [9.17, 15) is 4.79 Å². The summed E-state index contributed by atoms with van der Waals surface area (Å²) in [6.45, 7) is 3.83. The van der Waals surface area contributed by atoms with E-state index in [-0.39, 0.29) is 11.7 Å². The number of aromatic nitrogens is 3. The van der Waals surface area contributed by atoms with Gasteiger partial charge in [0, 0.05) is 7.05 Å². The van der Waals surface area contributed by atoms with E-state index in [1.54, 1.807) is 7.11 Å². The molecule has 1 N–H and O–H groups in total. The summed E-state index contributed by atoms with van der Waals surface area (Å²) in [5, 5.41) is 11.5. The molecule has 0 saturated carbocycles. The van der Waals surface area contributed by atoms with Crippen LogP contribution in [0.4, 0.5) is 5.69 Å². The minimum atomic E-state index is -0.107. The molecule has 0 atom stereocenters. The van der Waals surface area contributed by atoms with Crippen molar-refractivity contribution in [3.8, 4) is 5.75 Å². The molecule has 1 aromatic carbocycles. The second kappa shape index (κ2) is 6.62. The summed E-state index contributed by atoms with van der Waals surface area (Å²) in [5.41, 5.74) is 1.74. The highest BCUT2D eigenvalue weighted by Crippen LogP contribution is 2.25. The Hall–Kier alpha value is -2.02. The van der Waals surface area contributed by atoms with Crippen LogP contribution in [0.25, 0.3) is 0 Å². The van der Waals surface area contributed by atoms with Gasteiger partial charge in [0.25, 0.3) is 0 Å².